The monoisotopic (exact) mass is 402 g/mol. The summed E-state index contributed by atoms with van der Waals surface area (Å²) in [4.78, 5) is 17.7. The highest BCUT2D eigenvalue weighted by Crippen LogP contribution is 2.32. The van der Waals surface area contributed by atoms with Crippen LogP contribution in [0.2, 0.25) is 5.02 Å². The van der Waals surface area contributed by atoms with Gasteiger partial charge in [0.15, 0.2) is 5.16 Å². The van der Waals surface area contributed by atoms with Crippen LogP contribution in [-0.4, -0.2) is 21.3 Å². The first-order valence-electron chi connectivity index (χ1n) is 8.07. The van der Waals surface area contributed by atoms with Crippen molar-refractivity contribution in [1.29, 1.82) is 0 Å². The van der Waals surface area contributed by atoms with Gasteiger partial charge in [-0.3, -0.25) is 9.36 Å². The molecule has 0 amide bonds. The highest BCUT2D eigenvalue weighted by molar-refractivity contribution is 7.98. The molecule has 0 fully saturated rings. The van der Waals surface area contributed by atoms with E-state index in [4.69, 9.17) is 16.6 Å². The van der Waals surface area contributed by atoms with Crippen LogP contribution in [-0.2, 0) is 12.3 Å². The van der Waals surface area contributed by atoms with E-state index in [1.54, 1.807) is 4.57 Å². The predicted octanol–water partition coefficient (Wildman–Crippen LogP) is 4.55. The van der Waals surface area contributed by atoms with Crippen molar-refractivity contribution in [2.45, 2.75) is 17.5 Å². The minimum absolute atomic E-state index is 0.0983. The zero-order chi connectivity index (χ0) is 18.1. The van der Waals surface area contributed by atoms with E-state index in [1.165, 1.54) is 23.1 Å². The SMILES string of the molecule is O=c1c2sc3ccccc3c2nc(SCc2cccc(Cl)c2)n1CCO. The standard InChI is InChI=1S/C19H15ClN2O2S2/c20-13-5-3-4-12(10-13)11-25-19-21-16-14-6-1-2-7-15(14)26-17(16)18(24)22(19)8-9-23/h1-7,10,23H,8-9,11H2. The lowest BCUT2D eigenvalue weighted by Gasteiger charge is -2.11. The predicted molar refractivity (Wildman–Crippen MR) is 109 cm³/mol. The molecule has 4 rings (SSSR count). The molecule has 4 nitrogen and oxygen atoms in total. The number of fused-ring (bicyclic) bond motifs is 3. The summed E-state index contributed by atoms with van der Waals surface area (Å²) in [6.07, 6.45) is 0. The zero-order valence-corrected chi connectivity index (χ0v) is 16.1. The van der Waals surface area contributed by atoms with Crippen molar-refractivity contribution in [3.8, 4) is 0 Å². The summed E-state index contributed by atoms with van der Waals surface area (Å²) >= 11 is 8.98. The van der Waals surface area contributed by atoms with Gasteiger partial charge in [0.2, 0.25) is 0 Å². The minimum Gasteiger partial charge on any atom is -0.395 e. The summed E-state index contributed by atoms with van der Waals surface area (Å²) in [6, 6.07) is 15.5. The summed E-state index contributed by atoms with van der Waals surface area (Å²) in [6.45, 7) is 0.122. The fourth-order valence-electron chi connectivity index (χ4n) is 2.84. The van der Waals surface area contributed by atoms with Gasteiger partial charge in [-0.05, 0) is 23.8 Å². The first-order chi connectivity index (χ1) is 12.7. The number of rotatable bonds is 5. The molecule has 0 aliphatic heterocycles. The molecule has 0 unspecified atom stereocenters. The Morgan fingerprint density at radius 3 is 2.85 bits per heavy atom. The van der Waals surface area contributed by atoms with Gasteiger partial charge in [0, 0.05) is 20.9 Å². The number of nitrogens with zero attached hydrogens (tertiary/aromatic N) is 2. The number of aromatic nitrogens is 2. The maximum atomic E-state index is 13.0. The van der Waals surface area contributed by atoms with Crippen LogP contribution in [0.5, 0.6) is 0 Å². The number of hydrogen-bond donors (Lipinski definition) is 1. The van der Waals surface area contributed by atoms with E-state index < -0.39 is 0 Å². The Labute approximate surface area is 163 Å². The number of benzene rings is 2. The van der Waals surface area contributed by atoms with Gasteiger partial charge >= 0.3 is 0 Å². The van der Waals surface area contributed by atoms with Gasteiger partial charge in [-0.2, -0.15) is 0 Å². The van der Waals surface area contributed by atoms with E-state index in [0.29, 0.717) is 20.6 Å². The summed E-state index contributed by atoms with van der Waals surface area (Å²) in [5, 5.41) is 11.7. The quantitative estimate of drug-likeness (QED) is 0.393. The van der Waals surface area contributed by atoms with Crippen LogP contribution >= 0.6 is 34.7 Å². The van der Waals surface area contributed by atoms with Gasteiger partial charge in [-0.1, -0.05) is 53.7 Å². The molecule has 0 atom stereocenters. The third-order valence-electron chi connectivity index (χ3n) is 4.03. The molecule has 7 heteroatoms. The second kappa shape index (κ2) is 7.40. The lowest BCUT2D eigenvalue weighted by atomic mass is 10.2. The second-order valence-corrected chi connectivity index (χ2v) is 8.20. The molecule has 0 bridgehead atoms. The Morgan fingerprint density at radius 1 is 1.19 bits per heavy atom. The molecule has 4 aromatic rings. The van der Waals surface area contributed by atoms with Crippen molar-refractivity contribution >= 4 is 55.0 Å². The van der Waals surface area contributed by atoms with E-state index in [2.05, 4.69) is 0 Å². The molecule has 0 aliphatic rings. The summed E-state index contributed by atoms with van der Waals surface area (Å²) in [5.41, 5.74) is 1.69. The average molecular weight is 403 g/mol. The maximum absolute atomic E-state index is 13.0. The van der Waals surface area contributed by atoms with E-state index in [9.17, 15) is 9.90 Å². The Morgan fingerprint density at radius 2 is 2.04 bits per heavy atom. The zero-order valence-electron chi connectivity index (χ0n) is 13.7. The minimum atomic E-state index is -0.108. The van der Waals surface area contributed by atoms with Gasteiger partial charge in [0.25, 0.3) is 5.56 Å². The molecule has 0 spiro atoms. The summed E-state index contributed by atoms with van der Waals surface area (Å²) in [5.74, 6) is 0.645. The maximum Gasteiger partial charge on any atom is 0.272 e. The number of aliphatic hydroxyl groups excluding tert-OH is 1. The second-order valence-electron chi connectivity index (χ2n) is 5.77. The van der Waals surface area contributed by atoms with Gasteiger partial charge in [-0.25, -0.2) is 4.98 Å². The molecule has 0 radical (unpaired) electrons. The fourth-order valence-corrected chi connectivity index (χ4v) is 5.10. The lowest BCUT2D eigenvalue weighted by Crippen LogP contribution is -2.24. The largest absolute Gasteiger partial charge is 0.395 e. The molecule has 1 N–H and O–H groups in total. The van der Waals surface area contributed by atoms with Gasteiger partial charge in [-0.15, -0.1) is 11.3 Å². The number of halogens is 1. The molecule has 2 heterocycles. The molecule has 0 saturated carbocycles. The molecule has 0 aliphatic carbocycles. The first kappa shape index (κ1) is 17.5. The van der Waals surface area contributed by atoms with Crippen molar-refractivity contribution in [1.82, 2.24) is 9.55 Å². The fraction of sp³-hybridized carbons (Fsp3) is 0.158. The third kappa shape index (κ3) is 3.25. The van der Waals surface area contributed by atoms with Crippen molar-refractivity contribution in [2.24, 2.45) is 0 Å². The topological polar surface area (TPSA) is 55.1 Å². The highest BCUT2D eigenvalue weighted by Gasteiger charge is 2.16. The van der Waals surface area contributed by atoms with E-state index in [0.717, 1.165) is 21.2 Å². The van der Waals surface area contributed by atoms with Crippen molar-refractivity contribution in [3.63, 3.8) is 0 Å². The normalized spacial score (nSPS) is 11.5. The summed E-state index contributed by atoms with van der Waals surface area (Å²) < 4.78 is 3.24. The Hall–Kier alpha value is -1.86. The van der Waals surface area contributed by atoms with Gasteiger partial charge < -0.3 is 5.11 Å². The summed E-state index contributed by atoms with van der Waals surface area (Å²) in [7, 11) is 0. The molecule has 2 aromatic heterocycles. The van der Waals surface area contributed by atoms with Crippen LogP contribution in [0.3, 0.4) is 0 Å². The number of aliphatic hydroxyl groups is 1. The van der Waals surface area contributed by atoms with Crippen LogP contribution in [0, 0.1) is 0 Å². The van der Waals surface area contributed by atoms with Crippen LogP contribution in [0.25, 0.3) is 20.3 Å². The molecule has 2 aromatic carbocycles. The van der Waals surface area contributed by atoms with Gasteiger partial charge in [0.1, 0.15) is 4.70 Å². The van der Waals surface area contributed by atoms with Crippen LogP contribution in [0.4, 0.5) is 0 Å². The first-order valence-corrected chi connectivity index (χ1v) is 10.3. The number of hydrogen-bond acceptors (Lipinski definition) is 5. The van der Waals surface area contributed by atoms with Crippen molar-refractivity contribution in [2.75, 3.05) is 6.61 Å². The van der Waals surface area contributed by atoms with Gasteiger partial charge in [0.05, 0.1) is 18.7 Å². The molecule has 0 saturated heterocycles. The average Bonchev–Trinajstić information content (AvgIpc) is 3.02. The molecular formula is C19H15ClN2O2S2. The number of thiophene rings is 1. The van der Waals surface area contributed by atoms with Crippen molar-refractivity contribution in [3.05, 3.63) is 69.5 Å². The Balaban J connectivity index is 1.82. The van der Waals surface area contributed by atoms with Crippen LogP contribution < -0.4 is 5.56 Å². The lowest BCUT2D eigenvalue weighted by molar-refractivity contribution is 0.268. The molecule has 132 valence electrons. The van der Waals surface area contributed by atoms with E-state index >= 15 is 0 Å². The molecule has 26 heavy (non-hydrogen) atoms. The Bertz CT molecular complexity index is 1150. The van der Waals surface area contributed by atoms with E-state index in [1.807, 2.05) is 48.5 Å². The third-order valence-corrected chi connectivity index (χ3v) is 6.46. The van der Waals surface area contributed by atoms with Crippen LogP contribution in [0.1, 0.15) is 5.56 Å². The highest BCUT2D eigenvalue weighted by atomic mass is 35.5. The van der Waals surface area contributed by atoms with E-state index in [-0.39, 0.29) is 18.7 Å². The molecular weight excluding hydrogens is 388 g/mol. The Kier molecular flexibility index (Phi) is 5.00. The van der Waals surface area contributed by atoms with Crippen LogP contribution in [0.15, 0.2) is 58.5 Å². The van der Waals surface area contributed by atoms with Crippen molar-refractivity contribution < 1.29 is 5.11 Å². The number of thioether (sulfide) groups is 1. The smallest absolute Gasteiger partial charge is 0.272 e.